The highest BCUT2D eigenvalue weighted by atomic mass is 19.2. The molecule has 1 aromatic rings. The van der Waals surface area contributed by atoms with Gasteiger partial charge in [-0.05, 0) is 61.4 Å². The van der Waals surface area contributed by atoms with Crippen molar-refractivity contribution in [2.45, 2.75) is 52.2 Å². The third-order valence-electron chi connectivity index (χ3n) is 5.11. The summed E-state index contributed by atoms with van der Waals surface area (Å²) in [6, 6.07) is 3.03. The fourth-order valence-corrected chi connectivity index (χ4v) is 3.68. The van der Waals surface area contributed by atoms with Gasteiger partial charge >= 0.3 is 0 Å². The van der Waals surface area contributed by atoms with E-state index >= 15 is 0 Å². The second-order valence-corrected chi connectivity index (χ2v) is 7.04. The molecule has 1 aromatic carbocycles. The standard InChI is InChI=1S/C20H26F2O2/c1-3-4-14-11-23-20(24-12-14)16-7-5-15(6-8-16)17-9-13(2)19(22)18(21)10-17/h5,9-10,14,16,20H,3-4,6-8,11-12H2,1-2H3. The third-order valence-corrected chi connectivity index (χ3v) is 5.11. The Balaban J connectivity index is 1.61. The van der Waals surface area contributed by atoms with Crippen LogP contribution in [0.5, 0.6) is 0 Å². The van der Waals surface area contributed by atoms with E-state index in [4.69, 9.17) is 9.47 Å². The molecule has 0 radical (unpaired) electrons. The predicted octanol–water partition coefficient (Wildman–Crippen LogP) is 5.25. The zero-order valence-electron chi connectivity index (χ0n) is 14.5. The van der Waals surface area contributed by atoms with E-state index in [9.17, 15) is 8.78 Å². The van der Waals surface area contributed by atoms with Crippen LogP contribution in [0.1, 0.15) is 50.2 Å². The van der Waals surface area contributed by atoms with E-state index in [1.165, 1.54) is 6.07 Å². The molecule has 0 N–H and O–H groups in total. The number of rotatable bonds is 4. The normalized spacial score (nSPS) is 27.8. The molecule has 1 aliphatic carbocycles. The maximum absolute atomic E-state index is 13.6. The van der Waals surface area contributed by atoms with Gasteiger partial charge < -0.3 is 9.47 Å². The van der Waals surface area contributed by atoms with Crippen molar-refractivity contribution in [2.24, 2.45) is 11.8 Å². The summed E-state index contributed by atoms with van der Waals surface area (Å²) in [6.07, 6.45) is 6.97. The lowest BCUT2D eigenvalue weighted by atomic mass is 9.85. The first-order chi connectivity index (χ1) is 11.6. The maximum atomic E-state index is 13.6. The lowest BCUT2D eigenvalue weighted by molar-refractivity contribution is -0.225. The molecule has 1 saturated heterocycles. The van der Waals surface area contributed by atoms with Crippen molar-refractivity contribution >= 4 is 5.57 Å². The Morgan fingerprint density at radius 1 is 1.17 bits per heavy atom. The Morgan fingerprint density at radius 3 is 2.50 bits per heavy atom. The van der Waals surface area contributed by atoms with Crippen LogP contribution in [0.2, 0.25) is 0 Å². The largest absolute Gasteiger partial charge is 0.352 e. The highest BCUT2D eigenvalue weighted by molar-refractivity contribution is 5.67. The predicted molar refractivity (Wildman–Crippen MR) is 90.5 cm³/mol. The van der Waals surface area contributed by atoms with Crippen LogP contribution < -0.4 is 0 Å². The molecule has 0 saturated carbocycles. The van der Waals surface area contributed by atoms with Crippen LogP contribution in [0.25, 0.3) is 5.57 Å². The van der Waals surface area contributed by atoms with Gasteiger partial charge in [-0.1, -0.05) is 19.4 Å². The van der Waals surface area contributed by atoms with E-state index in [1.54, 1.807) is 13.0 Å². The average Bonchev–Trinajstić information content (AvgIpc) is 2.60. The Hall–Kier alpha value is -1.26. The molecule has 0 bridgehead atoms. The summed E-state index contributed by atoms with van der Waals surface area (Å²) in [6.45, 7) is 5.35. The number of hydrogen-bond donors (Lipinski definition) is 0. The smallest absolute Gasteiger partial charge is 0.161 e. The molecular formula is C20H26F2O2. The summed E-state index contributed by atoms with van der Waals surface area (Å²) in [5.74, 6) is -0.651. The first-order valence-corrected chi connectivity index (χ1v) is 8.96. The van der Waals surface area contributed by atoms with Crippen molar-refractivity contribution in [3.05, 3.63) is 41.0 Å². The molecule has 1 aliphatic heterocycles. The summed E-state index contributed by atoms with van der Waals surface area (Å²) >= 11 is 0. The van der Waals surface area contributed by atoms with Crippen molar-refractivity contribution in [2.75, 3.05) is 13.2 Å². The van der Waals surface area contributed by atoms with Gasteiger partial charge in [0.1, 0.15) is 0 Å². The fourth-order valence-electron chi connectivity index (χ4n) is 3.68. The molecule has 24 heavy (non-hydrogen) atoms. The van der Waals surface area contributed by atoms with E-state index in [0.29, 0.717) is 17.4 Å². The number of ether oxygens (including phenoxy) is 2. The minimum absolute atomic E-state index is 0.123. The lowest BCUT2D eigenvalue weighted by Gasteiger charge is -2.35. The van der Waals surface area contributed by atoms with E-state index < -0.39 is 11.6 Å². The zero-order chi connectivity index (χ0) is 17.1. The van der Waals surface area contributed by atoms with Gasteiger partial charge in [-0.15, -0.1) is 0 Å². The first-order valence-electron chi connectivity index (χ1n) is 8.96. The molecule has 1 heterocycles. The quantitative estimate of drug-likeness (QED) is 0.748. The monoisotopic (exact) mass is 336 g/mol. The number of aryl methyl sites for hydroxylation is 1. The van der Waals surface area contributed by atoms with Crippen LogP contribution in [0.4, 0.5) is 8.78 Å². The molecule has 0 spiro atoms. The van der Waals surface area contributed by atoms with Gasteiger partial charge in [0.2, 0.25) is 0 Å². The fraction of sp³-hybridized carbons (Fsp3) is 0.600. The van der Waals surface area contributed by atoms with Gasteiger partial charge in [-0.3, -0.25) is 0 Å². The van der Waals surface area contributed by atoms with E-state index in [1.807, 2.05) is 0 Å². The molecule has 0 amide bonds. The Bertz CT molecular complexity index is 581. The van der Waals surface area contributed by atoms with E-state index in [2.05, 4.69) is 13.0 Å². The summed E-state index contributed by atoms with van der Waals surface area (Å²) < 4.78 is 38.9. The van der Waals surface area contributed by atoms with Gasteiger partial charge in [-0.25, -0.2) is 8.78 Å². The third kappa shape index (κ3) is 3.86. The lowest BCUT2D eigenvalue weighted by Crippen LogP contribution is -2.37. The van der Waals surface area contributed by atoms with Crippen LogP contribution in [-0.2, 0) is 9.47 Å². The van der Waals surface area contributed by atoms with E-state index in [-0.39, 0.29) is 6.29 Å². The highest BCUT2D eigenvalue weighted by Gasteiger charge is 2.30. The zero-order valence-corrected chi connectivity index (χ0v) is 14.5. The second kappa shape index (κ2) is 7.75. The maximum Gasteiger partial charge on any atom is 0.161 e. The SMILES string of the molecule is CCCC1COC(C2CC=C(c3cc(C)c(F)c(F)c3)CC2)OC1. The molecule has 2 aliphatic rings. The summed E-state index contributed by atoms with van der Waals surface area (Å²) in [5, 5.41) is 0. The summed E-state index contributed by atoms with van der Waals surface area (Å²) in [5.41, 5.74) is 2.24. The van der Waals surface area contributed by atoms with Crippen molar-refractivity contribution < 1.29 is 18.3 Å². The Labute approximate surface area is 142 Å². The molecule has 132 valence electrons. The average molecular weight is 336 g/mol. The molecular weight excluding hydrogens is 310 g/mol. The molecule has 0 aromatic heterocycles. The highest BCUT2D eigenvalue weighted by Crippen LogP contribution is 2.35. The van der Waals surface area contributed by atoms with Gasteiger partial charge in [-0.2, -0.15) is 0 Å². The summed E-state index contributed by atoms with van der Waals surface area (Å²) in [7, 11) is 0. The number of halogens is 2. The molecule has 3 rings (SSSR count). The number of allylic oxidation sites excluding steroid dienone is 2. The summed E-state index contributed by atoms with van der Waals surface area (Å²) in [4.78, 5) is 0. The molecule has 1 unspecified atom stereocenters. The topological polar surface area (TPSA) is 18.5 Å². The van der Waals surface area contributed by atoms with Crippen molar-refractivity contribution in [1.29, 1.82) is 0 Å². The van der Waals surface area contributed by atoms with Crippen molar-refractivity contribution in [1.82, 2.24) is 0 Å². The molecule has 1 atom stereocenters. The number of benzene rings is 1. The minimum atomic E-state index is -0.770. The molecule has 4 heteroatoms. The van der Waals surface area contributed by atoms with Gasteiger partial charge in [0.25, 0.3) is 0 Å². The van der Waals surface area contributed by atoms with Crippen LogP contribution in [0.15, 0.2) is 18.2 Å². The number of hydrogen-bond acceptors (Lipinski definition) is 2. The molecule has 2 nitrogen and oxygen atoms in total. The van der Waals surface area contributed by atoms with Crippen molar-refractivity contribution in [3.63, 3.8) is 0 Å². The first kappa shape index (κ1) is 17.6. The Kier molecular flexibility index (Phi) is 5.67. The Morgan fingerprint density at radius 2 is 1.92 bits per heavy atom. The minimum Gasteiger partial charge on any atom is -0.352 e. The van der Waals surface area contributed by atoms with Gasteiger partial charge in [0, 0.05) is 11.8 Å². The van der Waals surface area contributed by atoms with Crippen LogP contribution in [0.3, 0.4) is 0 Å². The van der Waals surface area contributed by atoms with Crippen LogP contribution >= 0.6 is 0 Å². The molecule has 1 fully saturated rings. The van der Waals surface area contributed by atoms with Gasteiger partial charge in [0.15, 0.2) is 17.9 Å². The second-order valence-electron chi connectivity index (χ2n) is 7.04. The van der Waals surface area contributed by atoms with Gasteiger partial charge in [0.05, 0.1) is 13.2 Å². The van der Waals surface area contributed by atoms with Crippen LogP contribution in [-0.4, -0.2) is 19.5 Å². The van der Waals surface area contributed by atoms with Crippen LogP contribution in [0, 0.1) is 30.4 Å². The van der Waals surface area contributed by atoms with Crippen molar-refractivity contribution in [3.8, 4) is 0 Å². The van der Waals surface area contributed by atoms with E-state index in [0.717, 1.165) is 56.5 Å².